The fourth-order valence-corrected chi connectivity index (χ4v) is 4.79. The molecule has 1 atom stereocenters. The fourth-order valence-electron chi connectivity index (χ4n) is 4.79. The highest BCUT2D eigenvalue weighted by atomic mass is 14.5. The van der Waals surface area contributed by atoms with Crippen LogP contribution in [0.2, 0.25) is 0 Å². The van der Waals surface area contributed by atoms with Gasteiger partial charge < -0.3 is 0 Å². The van der Waals surface area contributed by atoms with E-state index in [1.165, 1.54) is 62.5 Å². The van der Waals surface area contributed by atoms with E-state index in [4.69, 9.17) is 0 Å². The lowest BCUT2D eigenvalue weighted by atomic mass is 9.56. The first-order chi connectivity index (χ1) is 12.6. The molecule has 2 aromatic carbocycles. The van der Waals surface area contributed by atoms with Gasteiger partial charge in [-0.2, -0.15) is 0 Å². The molecule has 0 saturated heterocycles. The van der Waals surface area contributed by atoms with Gasteiger partial charge in [0.05, 0.1) is 0 Å². The molecule has 0 heteroatoms. The molecule has 0 N–H and O–H groups in total. The molecule has 0 bridgehead atoms. The summed E-state index contributed by atoms with van der Waals surface area (Å²) >= 11 is 0. The Morgan fingerprint density at radius 3 is 2.23 bits per heavy atom. The first-order valence-electron chi connectivity index (χ1n) is 10.8. The van der Waals surface area contributed by atoms with Crippen molar-refractivity contribution in [3.8, 4) is 0 Å². The van der Waals surface area contributed by atoms with Gasteiger partial charge in [0.1, 0.15) is 0 Å². The van der Waals surface area contributed by atoms with E-state index >= 15 is 0 Å². The second-order valence-electron chi connectivity index (χ2n) is 8.48. The van der Waals surface area contributed by atoms with E-state index in [9.17, 15) is 0 Å². The first-order valence-corrected chi connectivity index (χ1v) is 10.8. The van der Waals surface area contributed by atoms with Gasteiger partial charge in [0.15, 0.2) is 0 Å². The zero-order valence-corrected chi connectivity index (χ0v) is 17.3. The summed E-state index contributed by atoms with van der Waals surface area (Å²) in [6.07, 6.45) is 10.3. The van der Waals surface area contributed by atoms with E-state index in [0.29, 0.717) is 11.3 Å². The van der Waals surface area contributed by atoms with Crippen LogP contribution in [0.5, 0.6) is 0 Å². The molecule has 3 rings (SSSR count). The van der Waals surface area contributed by atoms with Crippen molar-refractivity contribution in [2.24, 2.45) is 0 Å². The summed E-state index contributed by atoms with van der Waals surface area (Å²) in [5.41, 5.74) is 8.01. The van der Waals surface area contributed by atoms with Gasteiger partial charge in [-0.3, -0.25) is 0 Å². The summed E-state index contributed by atoms with van der Waals surface area (Å²) in [6.45, 7) is 9.28. The van der Waals surface area contributed by atoms with Crippen LogP contribution in [0.15, 0.2) is 42.5 Å². The van der Waals surface area contributed by atoms with E-state index < -0.39 is 0 Å². The molecule has 1 unspecified atom stereocenters. The van der Waals surface area contributed by atoms with Crippen molar-refractivity contribution < 1.29 is 0 Å². The molecule has 0 aromatic heterocycles. The van der Waals surface area contributed by atoms with Crippen LogP contribution >= 0.6 is 0 Å². The second-order valence-corrected chi connectivity index (χ2v) is 8.48. The summed E-state index contributed by atoms with van der Waals surface area (Å²) < 4.78 is 0. The Morgan fingerprint density at radius 2 is 1.65 bits per heavy atom. The molecule has 0 aliphatic heterocycles. The first kappa shape index (κ1) is 19.2. The Kier molecular flexibility index (Phi) is 6.22. The number of hydrogen-bond donors (Lipinski definition) is 0. The molecule has 0 amide bonds. The van der Waals surface area contributed by atoms with E-state index in [2.05, 4.69) is 70.2 Å². The molecule has 2 aromatic rings. The van der Waals surface area contributed by atoms with Crippen molar-refractivity contribution in [3.63, 3.8) is 0 Å². The number of aryl methyl sites for hydroxylation is 3. The van der Waals surface area contributed by atoms with Gasteiger partial charge in [-0.1, -0.05) is 88.1 Å². The predicted octanol–water partition coefficient (Wildman–Crippen LogP) is 7.52. The molecule has 140 valence electrons. The molecule has 0 heterocycles. The molecule has 1 aliphatic carbocycles. The Labute approximate surface area is 161 Å². The van der Waals surface area contributed by atoms with Crippen molar-refractivity contribution >= 4 is 0 Å². The second kappa shape index (κ2) is 8.42. The zero-order valence-electron chi connectivity index (χ0n) is 17.3. The minimum absolute atomic E-state index is 0.347. The standard InChI is InChI=1S/C26H36/c1-5-7-10-22-13-14-23(9-6-2)25(19-22)21(4)26(17-8-18-26)24-15-11-20(3)12-16-24/h11-16,19,21H,5-10,17-18H2,1-4H3. The van der Waals surface area contributed by atoms with Gasteiger partial charge in [0.2, 0.25) is 0 Å². The fraction of sp³-hybridized carbons (Fsp3) is 0.538. The topological polar surface area (TPSA) is 0 Å². The lowest BCUT2D eigenvalue weighted by molar-refractivity contribution is 0.202. The monoisotopic (exact) mass is 348 g/mol. The highest BCUT2D eigenvalue weighted by Crippen LogP contribution is 2.53. The van der Waals surface area contributed by atoms with Crippen LogP contribution in [-0.4, -0.2) is 0 Å². The van der Waals surface area contributed by atoms with Crippen LogP contribution in [0, 0.1) is 6.92 Å². The summed E-state index contributed by atoms with van der Waals surface area (Å²) in [7, 11) is 0. The van der Waals surface area contributed by atoms with E-state index in [-0.39, 0.29) is 0 Å². The lowest BCUT2D eigenvalue weighted by Crippen LogP contribution is -2.39. The summed E-state index contributed by atoms with van der Waals surface area (Å²) in [4.78, 5) is 0. The van der Waals surface area contributed by atoms with Crippen LogP contribution < -0.4 is 0 Å². The minimum Gasteiger partial charge on any atom is -0.0654 e. The molecule has 1 aliphatic rings. The molecule has 1 fully saturated rings. The summed E-state index contributed by atoms with van der Waals surface area (Å²) in [5.74, 6) is 0.599. The van der Waals surface area contributed by atoms with Gasteiger partial charge in [0.25, 0.3) is 0 Å². The Bertz CT molecular complexity index is 703. The maximum atomic E-state index is 2.56. The Morgan fingerprint density at radius 1 is 0.923 bits per heavy atom. The quantitative estimate of drug-likeness (QED) is 0.463. The SMILES string of the molecule is CCCCc1ccc(CCC)c(C(C)C2(c3ccc(C)cc3)CCC2)c1. The van der Waals surface area contributed by atoms with Crippen LogP contribution in [0.1, 0.15) is 93.0 Å². The van der Waals surface area contributed by atoms with Gasteiger partial charge >= 0.3 is 0 Å². The van der Waals surface area contributed by atoms with Crippen LogP contribution in [-0.2, 0) is 18.3 Å². The van der Waals surface area contributed by atoms with Gasteiger partial charge in [0, 0.05) is 5.41 Å². The minimum atomic E-state index is 0.347. The van der Waals surface area contributed by atoms with E-state index in [0.717, 1.165) is 0 Å². The summed E-state index contributed by atoms with van der Waals surface area (Å²) in [5, 5.41) is 0. The van der Waals surface area contributed by atoms with Crippen molar-refractivity contribution in [2.75, 3.05) is 0 Å². The molecular formula is C26H36. The largest absolute Gasteiger partial charge is 0.0654 e. The van der Waals surface area contributed by atoms with Crippen LogP contribution in [0.3, 0.4) is 0 Å². The van der Waals surface area contributed by atoms with Crippen molar-refractivity contribution in [1.29, 1.82) is 0 Å². The van der Waals surface area contributed by atoms with Crippen molar-refractivity contribution in [1.82, 2.24) is 0 Å². The molecule has 26 heavy (non-hydrogen) atoms. The maximum Gasteiger partial charge on any atom is 0.00191 e. The molecule has 1 saturated carbocycles. The lowest BCUT2D eigenvalue weighted by Gasteiger charge is -2.48. The van der Waals surface area contributed by atoms with Crippen LogP contribution in [0.4, 0.5) is 0 Å². The smallest absolute Gasteiger partial charge is 0.00191 e. The molecule has 0 spiro atoms. The molecular weight excluding hydrogens is 312 g/mol. The van der Waals surface area contributed by atoms with E-state index in [1.807, 2.05) is 0 Å². The van der Waals surface area contributed by atoms with E-state index in [1.54, 1.807) is 16.7 Å². The highest BCUT2D eigenvalue weighted by molar-refractivity contribution is 5.42. The number of unbranched alkanes of at least 4 members (excludes halogenated alkanes) is 1. The van der Waals surface area contributed by atoms with Crippen molar-refractivity contribution in [3.05, 3.63) is 70.3 Å². The Balaban J connectivity index is 1.98. The summed E-state index contributed by atoms with van der Waals surface area (Å²) in [6, 6.07) is 16.8. The van der Waals surface area contributed by atoms with Gasteiger partial charge in [-0.15, -0.1) is 0 Å². The third kappa shape index (κ3) is 3.75. The number of rotatable bonds is 8. The molecule has 0 radical (unpaired) electrons. The van der Waals surface area contributed by atoms with Crippen LogP contribution in [0.25, 0.3) is 0 Å². The zero-order chi connectivity index (χ0) is 18.6. The Hall–Kier alpha value is -1.56. The van der Waals surface area contributed by atoms with Gasteiger partial charge in [-0.05, 0) is 67.2 Å². The highest BCUT2D eigenvalue weighted by Gasteiger charge is 2.44. The number of benzene rings is 2. The maximum absolute atomic E-state index is 2.56. The average molecular weight is 349 g/mol. The third-order valence-corrected chi connectivity index (χ3v) is 6.72. The van der Waals surface area contributed by atoms with Gasteiger partial charge in [-0.25, -0.2) is 0 Å². The third-order valence-electron chi connectivity index (χ3n) is 6.72. The predicted molar refractivity (Wildman–Crippen MR) is 114 cm³/mol. The van der Waals surface area contributed by atoms with Crippen molar-refractivity contribution in [2.45, 2.75) is 90.4 Å². The normalized spacial score (nSPS) is 16.9. The molecule has 0 nitrogen and oxygen atoms in total. The average Bonchev–Trinajstić information content (AvgIpc) is 2.61. The number of hydrogen-bond acceptors (Lipinski definition) is 0.